The highest BCUT2D eigenvalue weighted by Crippen LogP contribution is 2.40. The van der Waals surface area contributed by atoms with Gasteiger partial charge in [-0.25, -0.2) is 0 Å². The summed E-state index contributed by atoms with van der Waals surface area (Å²) in [7, 11) is 0. The summed E-state index contributed by atoms with van der Waals surface area (Å²) in [4.78, 5) is 0. The zero-order valence-corrected chi connectivity index (χ0v) is 10.9. The van der Waals surface area contributed by atoms with Crippen LogP contribution in [0.4, 0.5) is 0 Å². The Balaban J connectivity index is 1.48. The molecule has 3 rings (SSSR count). The SMILES string of the molecule is OC1CCCC1CNCc1cccc(C2CC2)c1. The third-order valence-corrected chi connectivity index (χ3v) is 4.35. The van der Waals surface area contributed by atoms with Gasteiger partial charge in [0.05, 0.1) is 6.10 Å². The van der Waals surface area contributed by atoms with Crippen molar-refractivity contribution in [2.45, 2.75) is 50.7 Å². The summed E-state index contributed by atoms with van der Waals surface area (Å²) in [6.45, 7) is 1.89. The molecule has 2 N–H and O–H groups in total. The highest BCUT2D eigenvalue weighted by atomic mass is 16.3. The van der Waals surface area contributed by atoms with Crippen molar-refractivity contribution in [1.29, 1.82) is 0 Å². The molecule has 0 saturated heterocycles. The molecule has 0 spiro atoms. The van der Waals surface area contributed by atoms with Crippen LogP contribution in [0.25, 0.3) is 0 Å². The van der Waals surface area contributed by atoms with Gasteiger partial charge >= 0.3 is 0 Å². The van der Waals surface area contributed by atoms with Crippen LogP contribution in [0.3, 0.4) is 0 Å². The van der Waals surface area contributed by atoms with Gasteiger partial charge in [0.1, 0.15) is 0 Å². The fourth-order valence-corrected chi connectivity index (χ4v) is 3.03. The number of nitrogens with one attached hydrogen (secondary N) is 1. The van der Waals surface area contributed by atoms with Crippen LogP contribution >= 0.6 is 0 Å². The first-order valence-corrected chi connectivity index (χ1v) is 7.30. The first kappa shape index (κ1) is 12.2. The number of aliphatic hydroxyl groups is 1. The highest BCUT2D eigenvalue weighted by molar-refractivity contribution is 5.29. The van der Waals surface area contributed by atoms with Crippen LogP contribution in [-0.4, -0.2) is 17.8 Å². The van der Waals surface area contributed by atoms with Crippen LogP contribution in [-0.2, 0) is 6.54 Å². The van der Waals surface area contributed by atoms with Crippen molar-refractivity contribution in [1.82, 2.24) is 5.32 Å². The van der Waals surface area contributed by atoms with E-state index in [0.29, 0.717) is 5.92 Å². The van der Waals surface area contributed by atoms with Crippen LogP contribution in [0.1, 0.15) is 49.1 Å². The molecule has 2 unspecified atom stereocenters. The maximum Gasteiger partial charge on any atom is 0.0580 e. The molecule has 0 aromatic heterocycles. The van der Waals surface area contributed by atoms with Crippen LogP contribution in [0.15, 0.2) is 24.3 Å². The molecule has 18 heavy (non-hydrogen) atoms. The lowest BCUT2D eigenvalue weighted by atomic mass is 10.1. The topological polar surface area (TPSA) is 32.3 Å². The minimum Gasteiger partial charge on any atom is -0.393 e. The standard InChI is InChI=1S/C16H23NO/c18-16-6-2-5-15(16)11-17-10-12-3-1-4-14(9-12)13-7-8-13/h1,3-4,9,13,15-18H,2,5-8,10-11H2. The molecule has 1 aromatic carbocycles. The summed E-state index contributed by atoms with van der Waals surface area (Å²) in [5, 5.41) is 13.3. The Bertz CT molecular complexity index is 400. The van der Waals surface area contributed by atoms with E-state index in [2.05, 4.69) is 29.6 Å². The van der Waals surface area contributed by atoms with Gasteiger partial charge in [0.15, 0.2) is 0 Å². The van der Waals surface area contributed by atoms with Crippen LogP contribution in [0.2, 0.25) is 0 Å². The van der Waals surface area contributed by atoms with Gasteiger partial charge in [-0.3, -0.25) is 0 Å². The molecule has 2 atom stereocenters. The smallest absolute Gasteiger partial charge is 0.0580 e. The summed E-state index contributed by atoms with van der Waals surface area (Å²) in [6.07, 6.45) is 6.01. The van der Waals surface area contributed by atoms with E-state index in [4.69, 9.17) is 0 Å². The van der Waals surface area contributed by atoms with Gasteiger partial charge in [-0.1, -0.05) is 30.7 Å². The molecule has 0 heterocycles. The Hall–Kier alpha value is -0.860. The lowest BCUT2D eigenvalue weighted by Gasteiger charge is -2.15. The van der Waals surface area contributed by atoms with E-state index in [-0.39, 0.29) is 6.10 Å². The summed E-state index contributed by atoms with van der Waals surface area (Å²) in [5.41, 5.74) is 2.89. The molecule has 2 nitrogen and oxygen atoms in total. The van der Waals surface area contributed by atoms with Gasteiger partial charge in [0, 0.05) is 13.1 Å². The summed E-state index contributed by atoms with van der Waals surface area (Å²) in [5.74, 6) is 1.30. The number of rotatable bonds is 5. The zero-order valence-electron chi connectivity index (χ0n) is 10.9. The molecule has 0 bridgehead atoms. The molecule has 2 fully saturated rings. The van der Waals surface area contributed by atoms with Gasteiger partial charge in [-0.15, -0.1) is 0 Å². The summed E-state index contributed by atoms with van der Waals surface area (Å²) in [6, 6.07) is 8.97. The third kappa shape index (κ3) is 2.93. The van der Waals surface area contributed by atoms with Crippen LogP contribution in [0, 0.1) is 5.92 Å². The van der Waals surface area contributed by atoms with Gasteiger partial charge in [0.25, 0.3) is 0 Å². The van der Waals surface area contributed by atoms with E-state index in [0.717, 1.165) is 25.4 Å². The lowest BCUT2D eigenvalue weighted by molar-refractivity contribution is 0.131. The monoisotopic (exact) mass is 245 g/mol. The second-order valence-corrected chi connectivity index (χ2v) is 5.91. The molecule has 98 valence electrons. The van der Waals surface area contributed by atoms with E-state index in [9.17, 15) is 5.11 Å². The van der Waals surface area contributed by atoms with Gasteiger partial charge in [-0.05, 0) is 48.6 Å². The summed E-state index contributed by atoms with van der Waals surface area (Å²) < 4.78 is 0. The Labute approximate surface area is 109 Å². The van der Waals surface area contributed by atoms with E-state index < -0.39 is 0 Å². The fraction of sp³-hybridized carbons (Fsp3) is 0.625. The number of benzene rings is 1. The van der Waals surface area contributed by atoms with Crippen molar-refractivity contribution in [3.05, 3.63) is 35.4 Å². The third-order valence-electron chi connectivity index (χ3n) is 4.35. The maximum absolute atomic E-state index is 9.77. The molecule has 0 aliphatic heterocycles. The fourth-order valence-electron chi connectivity index (χ4n) is 3.03. The van der Waals surface area contributed by atoms with Gasteiger partial charge in [0.2, 0.25) is 0 Å². The Morgan fingerprint density at radius 3 is 2.78 bits per heavy atom. The van der Waals surface area contributed by atoms with E-state index in [1.807, 2.05) is 0 Å². The van der Waals surface area contributed by atoms with Gasteiger partial charge in [-0.2, -0.15) is 0 Å². The number of hydrogen-bond donors (Lipinski definition) is 2. The predicted octanol–water partition coefficient (Wildman–Crippen LogP) is 2.81. The molecule has 0 amide bonds. The lowest BCUT2D eigenvalue weighted by Crippen LogP contribution is -2.27. The second kappa shape index (κ2) is 5.41. The summed E-state index contributed by atoms with van der Waals surface area (Å²) >= 11 is 0. The first-order chi connectivity index (χ1) is 8.83. The largest absolute Gasteiger partial charge is 0.393 e. The Morgan fingerprint density at radius 1 is 1.17 bits per heavy atom. The zero-order chi connectivity index (χ0) is 12.4. The minimum atomic E-state index is -0.0738. The van der Waals surface area contributed by atoms with Crippen molar-refractivity contribution in [3.63, 3.8) is 0 Å². The molecule has 2 saturated carbocycles. The molecule has 2 aliphatic carbocycles. The van der Waals surface area contributed by atoms with Crippen molar-refractivity contribution < 1.29 is 5.11 Å². The van der Waals surface area contributed by atoms with E-state index in [1.54, 1.807) is 0 Å². The molecular formula is C16H23NO. The van der Waals surface area contributed by atoms with Crippen molar-refractivity contribution in [3.8, 4) is 0 Å². The van der Waals surface area contributed by atoms with E-state index >= 15 is 0 Å². The van der Waals surface area contributed by atoms with Crippen molar-refractivity contribution in [2.75, 3.05) is 6.54 Å². The quantitative estimate of drug-likeness (QED) is 0.836. The van der Waals surface area contributed by atoms with Gasteiger partial charge < -0.3 is 10.4 Å². The minimum absolute atomic E-state index is 0.0738. The van der Waals surface area contributed by atoms with E-state index in [1.165, 1.54) is 36.8 Å². The molecular weight excluding hydrogens is 222 g/mol. The Morgan fingerprint density at radius 2 is 2.06 bits per heavy atom. The van der Waals surface area contributed by atoms with Crippen molar-refractivity contribution in [2.24, 2.45) is 5.92 Å². The predicted molar refractivity (Wildman–Crippen MR) is 73.5 cm³/mol. The van der Waals surface area contributed by atoms with Crippen LogP contribution in [0.5, 0.6) is 0 Å². The number of hydrogen-bond acceptors (Lipinski definition) is 2. The molecule has 1 aromatic rings. The first-order valence-electron chi connectivity index (χ1n) is 7.30. The maximum atomic E-state index is 9.77. The molecule has 0 radical (unpaired) electrons. The molecule has 2 aliphatic rings. The Kier molecular flexibility index (Phi) is 3.67. The molecule has 2 heteroatoms. The second-order valence-electron chi connectivity index (χ2n) is 5.91. The average molecular weight is 245 g/mol. The number of aliphatic hydroxyl groups excluding tert-OH is 1. The van der Waals surface area contributed by atoms with Crippen molar-refractivity contribution >= 4 is 0 Å². The van der Waals surface area contributed by atoms with Crippen LogP contribution < -0.4 is 5.32 Å². The normalized spacial score (nSPS) is 27.6. The highest BCUT2D eigenvalue weighted by Gasteiger charge is 2.25. The average Bonchev–Trinajstić information content (AvgIpc) is 3.15.